The largest absolute Gasteiger partial charge is 0.510 e. The van der Waals surface area contributed by atoms with Crippen LogP contribution in [-0.2, 0) is 9.47 Å². The average Bonchev–Trinajstić information content (AvgIpc) is 3.54. The van der Waals surface area contributed by atoms with Crippen LogP contribution in [0.3, 0.4) is 0 Å². The van der Waals surface area contributed by atoms with E-state index in [1.807, 2.05) is 29.3 Å². The second-order valence-corrected chi connectivity index (χ2v) is 13.6. The summed E-state index contributed by atoms with van der Waals surface area (Å²) >= 11 is 1.35. The number of pyridine rings is 1. The van der Waals surface area contributed by atoms with Crippen LogP contribution in [0.15, 0.2) is 59.0 Å². The van der Waals surface area contributed by atoms with Crippen LogP contribution in [0.25, 0.3) is 21.7 Å². The highest BCUT2D eigenvalue weighted by Gasteiger charge is 2.51. The monoisotopic (exact) mass is 674 g/mol. The molecule has 0 radical (unpaired) electrons. The zero-order valence-electron chi connectivity index (χ0n) is 26.1. The van der Waals surface area contributed by atoms with Crippen molar-refractivity contribution >= 4 is 23.4 Å². The van der Waals surface area contributed by atoms with Gasteiger partial charge in [0.05, 0.1) is 29.2 Å². The minimum Gasteiger partial charge on any atom is -0.451 e. The number of nitrogens with zero attached hydrogens (tertiary/aromatic N) is 4. The van der Waals surface area contributed by atoms with E-state index in [2.05, 4.69) is 9.72 Å². The molecule has 2 unspecified atom stereocenters. The molecule has 10 nitrogen and oxygen atoms in total. The van der Waals surface area contributed by atoms with E-state index < -0.39 is 48.1 Å². The molecule has 48 heavy (non-hydrogen) atoms. The van der Waals surface area contributed by atoms with E-state index in [1.54, 1.807) is 21.2 Å². The molecule has 0 N–H and O–H groups in total. The third-order valence-corrected chi connectivity index (χ3v) is 11.2. The normalized spacial score (nSPS) is 20.5. The molecule has 2 aliphatic heterocycles. The number of methoxy groups -OCH3 is 1. The summed E-state index contributed by atoms with van der Waals surface area (Å²) in [7, 11) is 1.14. The fraction of sp³-hybridized carbons (Fsp3) is 0.371. The summed E-state index contributed by atoms with van der Waals surface area (Å²) in [6.45, 7) is -0.223. The van der Waals surface area contributed by atoms with Crippen molar-refractivity contribution in [1.29, 1.82) is 0 Å². The van der Waals surface area contributed by atoms with Crippen molar-refractivity contribution in [3.8, 4) is 27.4 Å². The molecule has 1 amide bonds. The van der Waals surface area contributed by atoms with Crippen LogP contribution in [0.1, 0.15) is 72.6 Å². The van der Waals surface area contributed by atoms with Crippen LogP contribution < -0.4 is 15.2 Å². The van der Waals surface area contributed by atoms with Gasteiger partial charge in [-0.15, -0.1) is 11.3 Å². The van der Waals surface area contributed by atoms with Crippen molar-refractivity contribution in [2.45, 2.75) is 57.2 Å². The Morgan fingerprint density at radius 2 is 1.85 bits per heavy atom. The number of carbonyl (C=O) groups is 2. The third kappa shape index (κ3) is 4.69. The minimum atomic E-state index is -1.01. The van der Waals surface area contributed by atoms with Crippen LogP contribution in [0.2, 0.25) is 0 Å². The van der Waals surface area contributed by atoms with E-state index in [9.17, 15) is 14.4 Å². The van der Waals surface area contributed by atoms with Gasteiger partial charge in [-0.2, -0.15) is 0 Å². The lowest BCUT2D eigenvalue weighted by Gasteiger charge is -2.56. The summed E-state index contributed by atoms with van der Waals surface area (Å²) in [6, 6.07) is 11.0. The summed E-state index contributed by atoms with van der Waals surface area (Å²) in [4.78, 5) is 46.5. The molecule has 2 atom stereocenters. The zero-order chi connectivity index (χ0) is 33.2. The molecule has 1 saturated carbocycles. The van der Waals surface area contributed by atoms with E-state index in [0.29, 0.717) is 29.1 Å². The van der Waals surface area contributed by atoms with Crippen LogP contribution in [0.5, 0.6) is 5.75 Å². The number of ether oxygens (including phenoxy) is 3. The number of aromatic nitrogens is 2. The van der Waals surface area contributed by atoms with Gasteiger partial charge in [0.2, 0.25) is 18.0 Å². The van der Waals surface area contributed by atoms with Crippen molar-refractivity contribution in [1.82, 2.24) is 14.6 Å². The fourth-order valence-corrected chi connectivity index (χ4v) is 9.03. The van der Waals surface area contributed by atoms with Gasteiger partial charge in [0.15, 0.2) is 17.3 Å². The van der Waals surface area contributed by atoms with Crippen molar-refractivity contribution in [3.63, 3.8) is 0 Å². The number of piperidine rings is 1. The Bertz CT molecular complexity index is 2010. The predicted octanol–water partition coefficient (Wildman–Crippen LogP) is 6.60. The van der Waals surface area contributed by atoms with Gasteiger partial charge in [-0.3, -0.25) is 19.3 Å². The van der Waals surface area contributed by atoms with E-state index in [0.717, 1.165) is 56.4 Å². The third-order valence-electron chi connectivity index (χ3n) is 10.4. The molecule has 4 aromatic rings. The Balaban J connectivity index is 1.38. The van der Waals surface area contributed by atoms with E-state index in [4.69, 9.17) is 9.47 Å². The maximum atomic E-state index is 16.1. The van der Waals surface area contributed by atoms with Crippen LogP contribution in [0.4, 0.5) is 13.6 Å². The second-order valence-electron chi connectivity index (χ2n) is 12.8. The molecule has 2 aromatic carbocycles. The fourth-order valence-electron chi connectivity index (χ4n) is 8.19. The SMILES string of the molecule is COC(=O)OCOc1c2n(ccc1=O)N(C1c3ccccc3-c3scnc3-c3c1ccc(F)c3F)C1CC3(CCCCC3)CCN1C2=O. The number of thiazole rings is 1. The highest BCUT2D eigenvalue weighted by atomic mass is 32.1. The molecule has 1 saturated heterocycles. The number of rotatable bonds is 4. The number of amides is 1. The zero-order valence-corrected chi connectivity index (χ0v) is 26.9. The Labute approximate surface area is 278 Å². The van der Waals surface area contributed by atoms with E-state index >= 15 is 8.78 Å². The molecule has 8 rings (SSSR count). The lowest BCUT2D eigenvalue weighted by molar-refractivity contribution is -0.000767. The summed E-state index contributed by atoms with van der Waals surface area (Å²) < 4.78 is 47.9. The van der Waals surface area contributed by atoms with Gasteiger partial charge in [0, 0.05) is 24.4 Å². The molecule has 2 aliphatic carbocycles. The van der Waals surface area contributed by atoms with Crippen LogP contribution in [0, 0.1) is 17.0 Å². The Morgan fingerprint density at radius 1 is 1.04 bits per heavy atom. The molecule has 4 aliphatic rings. The molecule has 2 aromatic heterocycles. The van der Waals surface area contributed by atoms with Gasteiger partial charge >= 0.3 is 6.16 Å². The molecular formula is C35H32F2N4O6S. The molecule has 2 fully saturated rings. The number of halogens is 2. The smallest absolute Gasteiger partial charge is 0.451 e. The van der Waals surface area contributed by atoms with Gasteiger partial charge in [0.1, 0.15) is 6.17 Å². The van der Waals surface area contributed by atoms with E-state index in [1.165, 1.54) is 30.0 Å². The number of benzene rings is 2. The van der Waals surface area contributed by atoms with Crippen molar-refractivity contribution < 1.29 is 32.6 Å². The maximum Gasteiger partial charge on any atom is 0.510 e. The standard InChI is InChI=1S/C35H32F2N4O6S/c1-45-34(44)47-19-46-31-24(42)11-15-40-30(31)33(43)39-16-14-35(12-5-2-6-13-35)17-25(39)41(40)29-20-7-3-4-8-21(20)32-28(38-18-48-32)26-22(29)9-10-23(36)27(26)37/h3-4,7-11,15,18,25,29H,2,5-6,12-14,16-17,19H2,1H3. The summed E-state index contributed by atoms with van der Waals surface area (Å²) in [5.74, 6) is -2.68. The molecule has 1 spiro atoms. The first kappa shape index (κ1) is 30.5. The molecule has 13 heteroatoms. The van der Waals surface area contributed by atoms with E-state index in [-0.39, 0.29) is 22.4 Å². The number of hydrogen-bond acceptors (Lipinski definition) is 9. The number of carbonyl (C=O) groups excluding carboxylic acids is 2. The Kier molecular flexibility index (Phi) is 7.46. The molecule has 4 heterocycles. The first-order chi connectivity index (χ1) is 23.3. The van der Waals surface area contributed by atoms with Gasteiger partial charge in [-0.25, -0.2) is 18.6 Å². The first-order valence-corrected chi connectivity index (χ1v) is 16.9. The van der Waals surface area contributed by atoms with Crippen molar-refractivity contribution in [2.24, 2.45) is 5.41 Å². The predicted molar refractivity (Wildman–Crippen MR) is 172 cm³/mol. The highest BCUT2D eigenvalue weighted by Crippen LogP contribution is 2.53. The minimum absolute atomic E-state index is 0.00342. The van der Waals surface area contributed by atoms with Gasteiger partial charge in [0.25, 0.3) is 5.91 Å². The van der Waals surface area contributed by atoms with Gasteiger partial charge in [-0.1, -0.05) is 49.6 Å². The molecule has 248 valence electrons. The number of hydrogen-bond donors (Lipinski definition) is 0. The van der Waals surface area contributed by atoms with Crippen LogP contribution in [-0.4, -0.2) is 53.2 Å². The summed E-state index contributed by atoms with van der Waals surface area (Å²) in [5.41, 5.74) is 3.51. The van der Waals surface area contributed by atoms with Crippen LogP contribution >= 0.6 is 11.3 Å². The molecule has 0 bridgehead atoms. The Hall–Kier alpha value is -4.78. The summed E-state index contributed by atoms with van der Waals surface area (Å²) in [6.07, 6.45) is 6.93. The average molecular weight is 675 g/mol. The maximum absolute atomic E-state index is 16.1. The Morgan fingerprint density at radius 3 is 2.67 bits per heavy atom. The quantitative estimate of drug-likeness (QED) is 0.176. The van der Waals surface area contributed by atoms with Gasteiger partial charge in [-0.05, 0) is 53.9 Å². The number of fused-ring (bicyclic) bond motifs is 7. The lowest BCUT2D eigenvalue weighted by Crippen LogP contribution is -2.66. The highest BCUT2D eigenvalue weighted by molar-refractivity contribution is 7.13. The van der Waals surface area contributed by atoms with Crippen molar-refractivity contribution in [3.05, 3.63) is 92.9 Å². The topological polar surface area (TPSA) is 103 Å². The lowest BCUT2D eigenvalue weighted by atomic mass is 9.67. The first-order valence-electron chi connectivity index (χ1n) is 16.0. The van der Waals surface area contributed by atoms with Crippen molar-refractivity contribution in [2.75, 3.05) is 25.5 Å². The second kappa shape index (κ2) is 11.7. The molecular weight excluding hydrogens is 642 g/mol. The summed E-state index contributed by atoms with van der Waals surface area (Å²) in [5, 5.41) is 2.02. The van der Waals surface area contributed by atoms with Gasteiger partial charge < -0.3 is 19.1 Å².